The Balaban J connectivity index is 1.27. The van der Waals surface area contributed by atoms with Crippen LogP contribution in [-0.4, -0.2) is 24.5 Å². The predicted octanol–water partition coefficient (Wildman–Crippen LogP) is 14.3. The van der Waals surface area contributed by atoms with Gasteiger partial charge in [0.25, 0.3) is 0 Å². The summed E-state index contributed by atoms with van der Waals surface area (Å²) in [7, 11) is 0. The molecular weight excluding hydrogens is 755 g/mol. The molecule has 0 radical (unpaired) electrons. The number of pyridine rings is 1. The maximum absolute atomic E-state index is 5.48. The van der Waals surface area contributed by atoms with Gasteiger partial charge >= 0.3 is 0 Å². The molecule has 2 aliphatic heterocycles. The Morgan fingerprint density at radius 3 is 1.58 bits per heavy atom. The summed E-state index contributed by atoms with van der Waals surface area (Å²) in [6.45, 7) is 11.5. The van der Waals surface area contributed by atoms with Crippen LogP contribution >= 0.6 is 0 Å². The lowest BCUT2D eigenvalue weighted by molar-refractivity contribution is 0.591. The number of rotatable bonds is 4. The zero-order valence-corrected chi connectivity index (χ0v) is 35.6. The van der Waals surface area contributed by atoms with Crippen LogP contribution in [0.1, 0.15) is 51.3 Å². The van der Waals surface area contributed by atoms with E-state index >= 15 is 0 Å². The molecule has 5 nitrogen and oxygen atoms in total. The summed E-state index contributed by atoms with van der Waals surface area (Å²) in [5.74, 6) is 2.55. The molecule has 62 heavy (non-hydrogen) atoms. The molecule has 0 unspecified atom stereocenters. The molecule has 7 aromatic carbocycles. The Morgan fingerprint density at radius 1 is 0.435 bits per heavy atom. The Hall–Kier alpha value is -7.50. The molecule has 0 N–H and O–H groups in total. The van der Waals surface area contributed by atoms with E-state index in [0.717, 1.165) is 72.5 Å². The van der Waals surface area contributed by atoms with E-state index in [0.29, 0.717) is 17.5 Å². The topological polar surface area (TPSA) is 56.5 Å². The van der Waals surface area contributed by atoms with E-state index in [4.69, 9.17) is 19.9 Å². The molecule has 3 aromatic heterocycles. The van der Waals surface area contributed by atoms with Gasteiger partial charge in [-0.05, 0) is 98.5 Å². The molecule has 0 spiro atoms. The molecule has 10 aromatic rings. The third-order valence-corrected chi connectivity index (χ3v) is 12.7. The van der Waals surface area contributed by atoms with Crippen molar-refractivity contribution in [3.8, 4) is 73.4 Å². The smallest absolute Gasteiger partial charge is 0.167 e. The summed E-state index contributed by atoms with van der Waals surface area (Å²) in [6.07, 6.45) is 2.02. The van der Waals surface area contributed by atoms with Gasteiger partial charge in [-0.2, -0.15) is 0 Å². The lowest BCUT2D eigenvalue weighted by atomic mass is 9.75. The maximum atomic E-state index is 5.48. The number of hydrogen-bond donors (Lipinski definition) is 0. The van der Waals surface area contributed by atoms with Crippen LogP contribution < -0.4 is 0 Å². The fourth-order valence-electron chi connectivity index (χ4n) is 9.17. The van der Waals surface area contributed by atoms with Crippen molar-refractivity contribution in [3.63, 3.8) is 0 Å². The van der Waals surface area contributed by atoms with Crippen molar-refractivity contribution >= 4 is 21.8 Å². The molecule has 2 aliphatic rings. The number of aromatic nitrogens is 5. The van der Waals surface area contributed by atoms with Gasteiger partial charge in [0, 0.05) is 39.1 Å². The van der Waals surface area contributed by atoms with Crippen molar-refractivity contribution in [1.29, 1.82) is 0 Å². The van der Waals surface area contributed by atoms with Gasteiger partial charge in [-0.15, -0.1) is 0 Å². The molecule has 5 heterocycles. The molecule has 12 rings (SSSR count). The lowest BCUT2D eigenvalue weighted by Gasteiger charge is -2.28. The summed E-state index contributed by atoms with van der Waals surface area (Å²) >= 11 is 0. The summed E-state index contributed by atoms with van der Waals surface area (Å²) < 4.78 is 2.32. The average molecular weight is 800 g/mol. The Kier molecular flexibility index (Phi) is 8.66. The van der Waals surface area contributed by atoms with Crippen LogP contribution in [-0.2, 0) is 10.8 Å². The minimum Gasteiger partial charge on any atom is -0.293 e. The molecule has 0 atom stereocenters. The van der Waals surface area contributed by atoms with Crippen LogP contribution in [0.15, 0.2) is 182 Å². The van der Waals surface area contributed by atoms with E-state index in [1.807, 2.05) is 24.4 Å². The van der Waals surface area contributed by atoms with Crippen molar-refractivity contribution in [3.05, 3.63) is 199 Å². The zero-order chi connectivity index (χ0) is 42.2. The SMILES string of the molecule is CC(C)(C)c1ccc2c(c1)c1cc3ccc1n2-c1ncc(-c2cc(-c4ccccc4)cc(-c4ccccc4)c2)cc1-c1nc(-c2ccccc2)nc(n1)-c1ccccc1C3(C)C. The Labute approximate surface area is 362 Å². The molecule has 5 heteroatoms. The van der Waals surface area contributed by atoms with E-state index in [1.165, 1.54) is 21.9 Å². The fourth-order valence-corrected chi connectivity index (χ4v) is 9.17. The van der Waals surface area contributed by atoms with E-state index in [-0.39, 0.29) is 5.41 Å². The normalized spacial score (nSPS) is 13.0. The third-order valence-electron chi connectivity index (χ3n) is 12.7. The largest absolute Gasteiger partial charge is 0.293 e. The van der Waals surface area contributed by atoms with Crippen LogP contribution in [0.5, 0.6) is 0 Å². The first-order valence-electron chi connectivity index (χ1n) is 21.4. The minimum absolute atomic E-state index is 0.0354. The molecule has 0 fully saturated rings. The highest BCUT2D eigenvalue weighted by Crippen LogP contribution is 2.44. The zero-order valence-electron chi connectivity index (χ0n) is 35.6. The Morgan fingerprint density at radius 2 is 0.952 bits per heavy atom. The summed E-state index contributed by atoms with van der Waals surface area (Å²) in [4.78, 5) is 21.5. The van der Waals surface area contributed by atoms with Gasteiger partial charge in [-0.25, -0.2) is 19.9 Å². The standard InChI is InChI=1S/C57H45N5/c1-56(2,3)43-25-27-50-46(33-43)47-34-44-26-28-51(47)62(50)55-48(54-60-52(38-21-13-8-14-22-38)59-53(61-54)45-23-15-16-24-49(45)57(44,4)5)32-42(35-58-55)41-30-39(36-17-9-6-10-18-36)29-40(31-41)37-19-11-7-12-20-37/h6-35H,1-5H3. The van der Waals surface area contributed by atoms with Crippen LogP contribution in [0.2, 0.25) is 0 Å². The number of fused-ring (bicyclic) bond motifs is 2. The predicted molar refractivity (Wildman–Crippen MR) is 255 cm³/mol. The van der Waals surface area contributed by atoms with Crippen LogP contribution in [0.3, 0.4) is 0 Å². The van der Waals surface area contributed by atoms with E-state index in [2.05, 4.69) is 197 Å². The van der Waals surface area contributed by atoms with Crippen molar-refractivity contribution in [2.24, 2.45) is 0 Å². The molecule has 0 saturated heterocycles. The summed E-state index contributed by atoms with van der Waals surface area (Å²) in [5.41, 5.74) is 14.7. The van der Waals surface area contributed by atoms with Crippen LogP contribution in [0, 0.1) is 0 Å². The Bertz CT molecular complexity index is 3280. The quantitative estimate of drug-likeness (QED) is 0.178. The van der Waals surface area contributed by atoms with Gasteiger partial charge in [-0.1, -0.05) is 162 Å². The molecule has 298 valence electrons. The molecule has 0 aliphatic carbocycles. The number of nitrogens with zero attached hydrogens (tertiary/aromatic N) is 5. The van der Waals surface area contributed by atoms with Gasteiger partial charge in [0.15, 0.2) is 17.5 Å². The van der Waals surface area contributed by atoms with E-state index in [9.17, 15) is 0 Å². The fraction of sp³-hybridized carbons (Fsp3) is 0.123. The van der Waals surface area contributed by atoms with Crippen molar-refractivity contribution in [2.75, 3.05) is 0 Å². The second-order valence-corrected chi connectivity index (χ2v) is 18.0. The molecule has 0 amide bonds. The van der Waals surface area contributed by atoms with Gasteiger partial charge in [-0.3, -0.25) is 4.57 Å². The highest BCUT2D eigenvalue weighted by atomic mass is 15.1. The van der Waals surface area contributed by atoms with Gasteiger partial charge in [0.1, 0.15) is 5.82 Å². The lowest BCUT2D eigenvalue weighted by Crippen LogP contribution is -2.20. The third kappa shape index (κ3) is 6.31. The highest BCUT2D eigenvalue weighted by Gasteiger charge is 2.31. The van der Waals surface area contributed by atoms with Crippen molar-refractivity contribution < 1.29 is 0 Å². The second kappa shape index (κ2) is 14.3. The molecule has 6 bridgehead atoms. The van der Waals surface area contributed by atoms with E-state index < -0.39 is 5.41 Å². The first-order chi connectivity index (χ1) is 30.1. The maximum Gasteiger partial charge on any atom is 0.167 e. The minimum atomic E-state index is -0.396. The monoisotopic (exact) mass is 799 g/mol. The number of hydrogen-bond acceptors (Lipinski definition) is 4. The second-order valence-electron chi connectivity index (χ2n) is 18.0. The summed E-state index contributed by atoms with van der Waals surface area (Å²) in [6, 6.07) is 62.9. The van der Waals surface area contributed by atoms with E-state index in [1.54, 1.807) is 0 Å². The molecular formula is C57H45N5. The first-order valence-corrected chi connectivity index (χ1v) is 21.4. The average Bonchev–Trinajstić information content (AvgIpc) is 3.64. The molecule has 0 saturated carbocycles. The van der Waals surface area contributed by atoms with Crippen LogP contribution in [0.4, 0.5) is 0 Å². The van der Waals surface area contributed by atoms with Crippen LogP contribution in [0.25, 0.3) is 95.2 Å². The summed E-state index contributed by atoms with van der Waals surface area (Å²) in [5, 5.41) is 2.38. The number of benzene rings is 7. The van der Waals surface area contributed by atoms with Gasteiger partial charge < -0.3 is 0 Å². The van der Waals surface area contributed by atoms with Crippen molar-refractivity contribution in [1.82, 2.24) is 24.5 Å². The van der Waals surface area contributed by atoms with Gasteiger partial charge in [0.05, 0.1) is 16.6 Å². The van der Waals surface area contributed by atoms with Gasteiger partial charge in [0.2, 0.25) is 0 Å². The first kappa shape index (κ1) is 37.5. The van der Waals surface area contributed by atoms with Crippen molar-refractivity contribution in [2.45, 2.75) is 45.4 Å². The highest BCUT2D eigenvalue weighted by molar-refractivity contribution is 6.10.